The summed E-state index contributed by atoms with van der Waals surface area (Å²) in [5, 5.41) is 4.55. The molecule has 4 heterocycles. The first kappa shape index (κ1) is 17.8. The number of anilines is 1. The molecule has 2 N–H and O–H groups in total. The van der Waals surface area contributed by atoms with E-state index in [4.69, 9.17) is 14.4 Å². The number of hydrogen-bond acceptors (Lipinski definition) is 6. The first-order valence-corrected chi connectivity index (χ1v) is 10.2. The van der Waals surface area contributed by atoms with Gasteiger partial charge in [0.2, 0.25) is 5.95 Å². The maximum atomic E-state index is 5.48. The topological polar surface area (TPSA) is 92.5 Å². The van der Waals surface area contributed by atoms with Gasteiger partial charge in [0.25, 0.3) is 0 Å². The maximum Gasteiger partial charge on any atom is 0.223 e. The number of nitrogens with zero attached hydrogens (tertiary/aromatic N) is 4. The molecule has 29 heavy (non-hydrogen) atoms. The van der Waals surface area contributed by atoms with Crippen molar-refractivity contribution >= 4 is 17.0 Å². The third-order valence-electron chi connectivity index (χ3n) is 5.68. The summed E-state index contributed by atoms with van der Waals surface area (Å²) >= 11 is 0. The van der Waals surface area contributed by atoms with Crippen LogP contribution in [-0.4, -0.2) is 31.0 Å². The fourth-order valence-electron chi connectivity index (χ4n) is 4.09. The molecule has 1 aliphatic rings. The lowest BCUT2D eigenvalue weighted by atomic mass is 9.96. The monoisotopic (exact) mass is 388 g/mol. The Balaban J connectivity index is 1.50. The molecule has 0 amide bonds. The van der Waals surface area contributed by atoms with Gasteiger partial charge >= 0.3 is 0 Å². The zero-order chi connectivity index (χ0) is 19.8. The minimum absolute atomic E-state index is 0.469. The molecular formula is C22H24N6O. The van der Waals surface area contributed by atoms with Crippen molar-refractivity contribution in [3.8, 4) is 22.7 Å². The minimum Gasteiger partial charge on any atom is -0.442 e. The SMILES string of the molecule is Cc1cnc(NC2CCCCC2)nc1-c1c[nH]c2nc(-c3ocnc3C)ccc12. The summed E-state index contributed by atoms with van der Waals surface area (Å²) in [7, 11) is 0. The molecule has 0 saturated heterocycles. The van der Waals surface area contributed by atoms with Gasteiger partial charge in [-0.05, 0) is 44.4 Å². The molecule has 0 aliphatic heterocycles. The molecule has 0 radical (unpaired) electrons. The summed E-state index contributed by atoms with van der Waals surface area (Å²) < 4.78 is 5.48. The number of rotatable bonds is 4. The van der Waals surface area contributed by atoms with Crippen molar-refractivity contribution in [3.63, 3.8) is 0 Å². The van der Waals surface area contributed by atoms with Crippen molar-refractivity contribution in [1.29, 1.82) is 0 Å². The van der Waals surface area contributed by atoms with Gasteiger partial charge in [-0.3, -0.25) is 0 Å². The highest BCUT2D eigenvalue weighted by Gasteiger charge is 2.17. The number of hydrogen-bond donors (Lipinski definition) is 2. The summed E-state index contributed by atoms with van der Waals surface area (Å²) in [5.41, 5.74) is 5.38. The number of aryl methyl sites for hydroxylation is 2. The predicted molar refractivity (Wildman–Crippen MR) is 113 cm³/mol. The van der Waals surface area contributed by atoms with Crippen LogP contribution in [0.25, 0.3) is 33.7 Å². The van der Waals surface area contributed by atoms with Crippen molar-refractivity contribution in [2.45, 2.75) is 52.0 Å². The van der Waals surface area contributed by atoms with Crippen LogP contribution in [0.4, 0.5) is 5.95 Å². The first-order valence-electron chi connectivity index (χ1n) is 10.2. The molecule has 148 valence electrons. The molecule has 0 spiro atoms. The lowest BCUT2D eigenvalue weighted by molar-refractivity contribution is 0.461. The van der Waals surface area contributed by atoms with E-state index in [0.29, 0.717) is 17.8 Å². The van der Waals surface area contributed by atoms with E-state index in [1.807, 2.05) is 32.3 Å². The average molecular weight is 388 g/mol. The smallest absolute Gasteiger partial charge is 0.223 e. The van der Waals surface area contributed by atoms with Gasteiger partial charge in [-0.15, -0.1) is 0 Å². The molecule has 0 unspecified atom stereocenters. The molecule has 0 bridgehead atoms. The van der Waals surface area contributed by atoms with Crippen LogP contribution in [0.15, 0.2) is 35.3 Å². The number of fused-ring (bicyclic) bond motifs is 1. The molecule has 7 heteroatoms. The zero-order valence-electron chi connectivity index (χ0n) is 16.7. The van der Waals surface area contributed by atoms with Crippen molar-refractivity contribution in [1.82, 2.24) is 24.9 Å². The molecule has 7 nitrogen and oxygen atoms in total. The Morgan fingerprint density at radius 1 is 1.07 bits per heavy atom. The van der Waals surface area contributed by atoms with Crippen molar-refractivity contribution < 1.29 is 4.42 Å². The second-order valence-corrected chi connectivity index (χ2v) is 7.77. The summed E-state index contributed by atoms with van der Waals surface area (Å²) in [6.07, 6.45) is 11.6. The van der Waals surface area contributed by atoms with Gasteiger partial charge in [-0.2, -0.15) is 0 Å². The molecule has 4 aromatic rings. The second-order valence-electron chi connectivity index (χ2n) is 7.77. The highest BCUT2D eigenvalue weighted by molar-refractivity contribution is 5.94. The van der Waals surface area contributed by atoms with Gasteiger partial charge < -0.3 is 14.7 Å². The molecule has 4 aromatic heterocycles. The number of nitrogens with one attached hydrogen (secondary N) is 2. The standard InChI is InChI=1S/C22H24N6O/c1-13-10-24-22(26-15-6-4-3-5-7-15)28-19(13)17-11-23-21-16(17)8-9-18(27-21)20-14(2)25-12-29-20/h8-12,15H,3-7H2,1-2H3,(H,23,27)(H,24,26,28). The number of aromatic amines is 1. The zero-order valence-corrected chi connectivity index (χ0v) is 16.7. The Morgan fingerprint density at radius 3 is 2.72 bits per heavy atom. The Morgan fingerprint density at radius 2 is 1.93 bits per heavy atom. The van der Waals surface area contributed by atoms with Gasteiger partial charge in [0.1, 0.15) is 11.3 Å². The third kappa shape index (κ3) is 3.37. The van der Waals surface area contributed by atoms with Gasteiger partial charge in [0, 0.05) is 29.4 Å². The summed E-state index contributed by atoms with van der Waals surface area (Å²) in [6, 6.07) is 4.49. The van der Waals surface area contributed by atoms with E-state index >= 15 is 0 Å². The van der Waals surface area contributed by atoms with Gasteiger partial charge in [0.15, 0.2) is 12.2 Å². The Kier molecular flexibility index (Phi) is 4.50. The van der Waals surface area contributed by atoms with Crippen molar-refractivity contribution in [2.24, 2.45) is 0 Å². The second kappa shape index (κ2) is 7.31. The highest BCUT2D eigenvalue weighted by atomic mass is 16.3. The molecule has 1 fully saturated rings. The van der Waals surface area contributed by atoms with Crippen LogP contribution >= 0.6 is 0 Å². The Labute approximate surface area is 169 Å². The van der Waals surface area contributed by atoms with Crippen LogP contribution in [0.5, 0.6) is 0 Å². The quantitative estimate of drug-likeness (QED) is 0.509. The molecule has 0 atom stereocenters. The Bertz CT molecular complexity index is 1160. The number of pyridine rings is 1. The highest BCUT2D eigenvalue weighted by Crippen LogP contribution is 2.31. The fourth-order valence-corrected chi connectivity index (χ4v) is 4.09. The van der Waals surface area contributed by atoms with Crippen molar-refractivity contribution in [3.05, 3.63) is 42.2 Å². The molecule has 1 saturated carbocycles. The molecular weight excluding hydrogens is 364 g/mol. The van der Waals surface area contributed by atoms with Gasteiger partial charge in [0.05, 0.1) is 11.4 Å². The van der Waals surface area contributed by atoms with Gasteiger partial charge in [-0.1, -0.05) is 19.3 Å². The lowest BCUT2D eigenvalue weighted by Gasteiger charge is -2.23. The summed E-state index contributed by atoms with van der Waals surface area (Å²) in [4.78, 5) is 21.5. The first-order chi connectivity index (χ1) is 14.2. The van der Waals surface area contributed by atoms with E-state index in [2.05, 4.69) is 26.3 Å². The van der Waals surface area contributed by atoms with E-state index in [0.717, 1.165) is 39.2 Å². The fraction of sp³-hybridized carbons (Fsp3) is 0.364. The van der Waals surface area contributed by atoms with E-state index in [1.54, 1.807) is 0 Å². The minimum atomic E-state index is 0.469. The van der Waals surface area contributed by atoms with E-state index in [-0.39, 0.29) is 0 Å². The van der Waals surface area contributed by atoms with Crippen molar-refractivity contribution in [2.75, 3.05) is 5.32 Å². The van der Waals surface area contributed by atoms with Crippen LogP contribution < -0.4 is 5.32 Å². The normalized spacial score (nSPS) is 15.1. The van der Waals surface area contributed by atoms with Gasteiger partial charge in [-0.25, -0.2) is 19.9 Å². The predicted octanol–water partition coefficient (Wildman–Crippen LogP) is 5.04. The molecule has 0 aromatic carbocycles. The van der Waals surface area contributed by atoms with Crippen LogP contribution in [0.2, 0.25) is 0 Å². The Hall–Kier alpha value is -3.22. The molecule has 5 rings (SSSR count). The van der Waals surface area contributed by atoms with E-state index in [9.17, 15) is 0 Å². The number of oxazole rings is 1. The van der Waals surface area contributed by atoms with Crippen LogP contribution in [0.1, 0.15) is 43.4 Å². The van der Waals surface area contributed by atoms with E-state index < -0.39 is 0 Å². The van der Waals surface area contributed by atoms with Crippen LogP contribution in [-0.2, 0) is 0 Å². The van der Waals surface area contributed by atoms with Crippen LogP contribution in [0, 0.1) is 13.8 Å². The largest absolute Gasteiger partial charge is 0.442 e. The van der Waals surface area contributed by atoms with E-state index in [1.165, 1.54) is 38.5 Å². The number of H-pyrrole nitrogens is 1. The molecule has 1 aliphatic carbocycles. The van der Waals surface area contributed by atoms with Crippen LogP contribution in [0.3, 0.4) is 0 Å². The average Bonchev–Trinajstić information content (AvgIpc) is 3.36. The summed E-state index contributed by atoms with van der Waals surface area (Å²) in [5.74, 6) is 1.40. The number of aromatic nitrogens is 5. The summed E-state index contributed by atoms with van der Waals surface area (Å²) in [6.45, 7) is 3.95. The third-order valence-corrected chi connectivity index (χ3v) is 5.68. The lowest BCUT2D eigenvalue weighted by Crippen LogP contribution is -2.23. The maximum absolute atomic E-state index is 5.48.